The zero-order chi connectivity index (χ0) is 15.6. The summed E-state index contributed by atoms with van der Waals surface area (Å²) < 4.78 is 28.1. The van der Waals surface area contributed by atoms with Gasteiger partial charge in [0.15, 0.2) is 0 Å². The van der Waals surface area contributed by atoms with Crippen molar-refractivity contribution in [2.75, 3.05) is 5.32 Å². The van der Waals surface area contributed by atoms with Crippen LogP contribution < -0.4 is 5.32 Å². The first-order valence-corrected chi connectivity index (χ1v) is 6.66. The molecule has 0 heterocycles. The fourth-order valence-electron chi connectivity index (χ4n) is 1.58. The van der Waals surface area contributed by atoms with Gasteiger partial charge in [0, 0.05) is 9.26 Å². The summed E-state index contributed by atoms with van der Waals surface area (Å²) in [5, 5.41) is 12.9. The molecule has 21 heavy (non-hydrogen) atoms. The maximum atomic E-state index is 13.7. The van der Waals surface area contributed by atoms with Gasteiger partial charge in [-0.1, -0.05) is 0 Å². The van der Waals surface area contributed by atoms with Gasteiger partial charge in [0.05, 0.1) is 16.6 Å². The van der Waals surface area contributed by atoms with E-state index in [1.54, 1.807) is 24.3 Å². The highest BCUT2D eigenvalue weighted by molar-refractivity contribution is 14.1. The second-order valence-corrected chi connectivity index (χ2v) is 5.25. The Hall–Kier alpha value is -2.10. The second-order valence-electron chi connectivity index (χ2n) is 4.00. The van der Waals surface area contributed by atoms with E-state index in [4.69, 9.17) is 0 Å². The van der Waals surface area contributed by atoms with E-state index in [1.807, 2.05) is 0 Å². The second kappa shape index (κ2) is 6.12. The first-order chi connectivity index (χ1) is 9.88. The van der Waals surface area contributed by atoms with Gasteiger partial charge in [0.2, 0.25) is 5.82 Å². The van der Waals surface area contributed by atoms with Crippen LogP contribution in [-0.4, -0.2) is 10.8 Å². The number of amides is 1. The quantitative estimate of drug-likeness (QED) is 0.482. The smallest absolute Gasteiger partial charge is 0.307 e. The molecule has 0 aromatic heterocycles. The first kappa shape index (κ1) is 15.3. The van der Waals surface area contributed by atoms with Crippen LogP contribution in [0, 0.1) is 25.3 Å². The van der Waals surface area contributed by atoms with E-state index in [2.05, 4.69) is 27.9 Å². The lowest BCUT2D eigenvalue weighted by Crippen LogP contribution is -2.14. The molecular weight excluding hydrogens is 397 g/mol. The Kier molecular flexibility index (Phi) is 4.46. The van der Waals surface area contributed by atoms with Crippen molar-refractivity contribution in [1.29, 1.82) is 0 Å². The summed E-state index contributed by atoms with van der Waals surface area (Å²) in [7, 11) is 0. The van der Waals surface area contributed by atoms with E-state index in [-0.39, 0.29) is 0 Å². The van der Waals surface area contributed by atoms with E-state index in [0.717, 1.165) is 3.57 Å². The molecule has 5 nitrogen and oxygen atoms in total. The van der Waals surface area contributed by atoms with E-state index in [0.29, 0.717) is 17.8 Å². The first-order valence-electron chi connectivity index (χ1n) is 5.59. The fraction of sp³-hybridized carbons (Fsp3) is 0. The third kappa shape index (κ3) is 3.51. The normalized spacial score (nSPS) is 10.2. The van der Waals surface area contributed by atoms with Crippen LogP contribution in [-0.2, 0) is 0 Å². The van der Waals surface area contributed by atoms with E-state index < -0.39 is 33.7 Å². The highest BCUT2D eigenvalue weighted by atomic mass is 127. The van der Waals surface area contributed by atoms with Crippen LogP contribution in [0.15, 0.2) is 36.4 Å². The molecule has 0 aliphatic heterocycles. The zero-order valence-corrected chi connectivity index (χ0v) is 12.4. The van der Waals surface area contributed by atoms with Gasteiger partial charge in [0.1, 0.15) is 5.82 Å². The molecule has 2 rings (SSSR count). The van der Waals surface area contributed by atoms with Crippen LogP contribution in [0.1, 0.15) is 10.4 Å². The zero-order valence-electron chi connectivity index (χ0n) is 10.3. The number of carbonyl (C=O) groups is 1. The number of hydrogen-bond donors (Lipinski definition) is 1. The predicted octanol–water partition coefficient (Wildman–Crippen LogP) is 3.73. The lowest BCUT2D eigenvalue weighted by atomic mass is 10.1. The molecule has 0 fully saturated rings. The number of nitrogens with one attached hydrogen (secondary N) is 1. The third-order valence-corrected chi connectivity index (χ3v) is 3.30. The van der Waals surface area contributed by atoms with Crippen LogP contribution in [0.4, 0.5) is 20.2 Å². The Morgan fingerprint density at radius 2 is 1.76 bits per heavy atom. The molecule has 0 saturated carbocycles. The van der Waals surface area contributed by atoms with Crippen molar-refractivity contribution in [3.63, 3.8) is 0 Å². The summed E-state index contributed by atoms with van der Waals surface area (Å²) in [6.45, 7) is 0. The SMILES string of the molecule is O=C(Nc1ccc(I)cc1)c1cc(F)c([N+](=O)[O-])cc1F. The summed E-state index contributed by atoms with van der Waals surface area (Å²) in [6, 6.07) is 7.54. The van der Waals surface area contributed by atoms with Gasteiger partial charge in [-0.15, -0.1) is 0 Å². The molecule has 0 aliphatic rings. The molecule has 0 unspecified atom stereocenters. The molecule has 0 saturated heterocycles. The Labute approximate surface area is 131 Å². The lowest BCUT2D eigenvalue weighted by Gasteiger charge is -2.06. The van der Waals surface area contributed by atoms with Gasteiger partial charge < -0.3 is 5.32 Å². The van der Waals surface area contributed by atoms with Gasteiger partial charge in [-0.25, -0.2) is 4.39 Å². The largest absolute Gasteiger partial charge is 0.322 e. The molecule has 2 aromatic carbocycles. The number of rotatable bonds is 3. The van der Waals surface area contributed by atoms with Crippen molar-refractivity contribution in [3.05, 3.63) is 67.3 Å². The summed E-state index contributed by atoms with van der Waals surface area (Å²) in [4.78, 5) is 21.3. The van der Waals surface area contributed by atoms with Crippen LogP contribution in [0.2, 0.25) is 0 Å². The van der Waals surface area contributed by atoms with Crippen molar-refractivity contribution < 1.29 is 18.5 Å². The van der Waals surface area contributed by atoms with Gasteiger partial charge >= 0.3 is 5.69 Å². The molecule has 0 aliphatic carbocycles. The lowest BCUT2D eigenvalue weighted by molar-refractivity contribution is -0.387. The van der Waals surface area contributed by atoms with Crippen molar-refractivity contribution >= 4 is 39.9 Å². The summed E-state index contributed by atoms with van der Waals surface area (Å²) in [5.74, 6) is -3.32. The molecule has 8 heteroatoms. The topological polar surface area (TPSA) is 72.2 Å². The van der Waals surface area contributed by atoms with Gasteiger partial charge in [-0.2, -0.15) is 4.39 Å². The average molecular weight is 404 g/mol. The Morgan fingerprint density at radius 1 is 1.14 bits per heavy atom. The maximum Gasteiger partial charge on any atom is 0.307 e. The Balaban J connectivity index is 2.29. The number of benzene rings is 2. The maximum absolute atomic E-state index is 13.7. The number of anilines is 1. The van der Waals surface area contributed by atoms with E-state index in [9.17, 15) is 23.7 Å². The third-order valence-electron chi connectivity index (χ3n) is 2.58. The van der Waals surface area contributed by atoms with Crippen molar-refractivity contribution in [1.82, 2.24) is 0 Å². The minimum atomic E-state index is -1.27. The van der Waals surface area contributed by atoms with Gasteiger partial charge in [-0.05, 0) is 52.9 Å². The number of nitro benzene ring substituents is 1. The molecule has 0 bridgehead atoms. The van der Waals surface area contributed by atoms with Crippen LogP contribution in [0.25, 0.3) is 0 Å². The minimum absolute atomic E-state index is 0.387. The number of carbonyl (C=O) groups excluding carboxylic acids is 1. The Bertz CT molecular complexity index is 720. The minimum Gasteiger partial charge on any atom is -0.322 e. The molecular formula is C13H7F2IN2O3. The van der Waals surface area contributed by atoms with E-state index >= 15 is 0 Å². The van der Waals surface area contributed by atoms with Crippen molar-refractivity contribution in [3.8, 4) is 0 Å². The van der Waals surface area contributed by atoms with E-state index in [1.165, 1.54) is 0 Å². The molecule has 0 radical (unpaired) electrons. The van der Waals surface area contributed by atoms with Crippen molar-refractivity contribution in [2.24, 2.45) is 0 Å². The number of nitro groups is 1. The molecule has 2 aromatic rings. The van der Waals surface area contributed by atoms with Crippen LogP contribution >= 0.6 is 22.6 Å². The fourth-order valence-corrected chi connectivity index (χ4v) is 1.94. The molecule has 0 atom stereocenters. The number of nitrogens with zero attached hydrogens (tertiary/aromatic N) is 1. The summed E-state index contributed by atoms with van der Waals surface area (Å²) in [6.07, 6.45) is 0. The van der Waals surface area contributed by atoms with Gasteiger partial charge in [0.25, 0.3) is 5.91 Å². The number of halogens is 3. The van der Waals surface area contributed by atoms with Crippen molar-refractivity contribution in [2.45, 2.75) is 0 Å². The molecule has 108 valence electrons. The summed E-state index contributed by atoms with van der Waals surface area (Å²) in [5.41, 5.74) is -1.21. The number of hydrogen-bond acceptors (Lipinski definition) is 3. The highest BCUT2D eigenvalue weighted by Gasteiger charge is 2.22. The predicted molar refractivity (Wildman–Crippen MR) is 80.1 cm³/mol. The highest BCUT2D eigenvalue weighted by Crippen LogP contribution is 2.22. The monoisotopic (exact) mass is 404 g/mol. The molecule has 1 N–H and O–H groups in total. The molecule has 1 amide bonds. The van der Waals surface area contributed by atoms with Crippen LogP contribution in [0.5, 0.6) is 0 Å². The molecule has 0 spiro atoms. The van der Waals surface area contributed by atoms with Crippen LogP contribution in [0.3, 0.4) is 0 Å². The average Bonchev–Trinajstić information content (AvgIpc) is 2.43. The van der Waals surface area contributed by atoms with Gasteiger partial charge in [-0.3, -0.25) is 14.9 Å². The Morgan fingerprint density at radius 3 is 2.33 bits per heavy atom. The summed E-state index contributed by atoms with van der Waals surface area (Å²) >= 11 is 2.07. The standard InChI is InChI=1S/C13H7F2IN2O3/c14-10-6-12(18(20)21)11(15)5-9(10)13(19)17-8-3-1-7(16)2-4-8/h1-6H,(H,17,19).